The van der Waals surface area contributed by atoms with Crippen LogP contribution in [0.25, 0.3) is 6.08 Å². The van der Waals surface area contributed by atoms with E-state index in [1.54, 1.807) is 18.2 Å². The number of halogens is 2. The zero-order valence-corrected chi connectivity index (χ0v) is 16.1. The summed E-state index contributed by atoms with van der Waals surface area (Å²) in [6.45, 7) is 1.44. The van der Waals surface area contributed by atoms with Gasteiger partial charge in [0.1, 0.15) is 12.3 Å². The predicted octanol–water partition coefficient (Wildman–Crippen LogP) is 4.14. The molecule has 2 aromatic carbocycles. The van der Waals surface area contributed by atoms with Crippen LogP contribution in [0.15, 0.2) is 42.1 Å². The molecule has 0 unspecified atom stereocenters. The number of ether oxygens (including phenoxy) is 2. The molecular weight excluding hydrogens is 393 g/mol. The molecule has 0 bridgehead atoms. The number of methoxy groups -OCH3 is 1. The monoisotopic (exact) mass is 409 g/mol. The van der Waals surface area contributed by atoms with Crippen LogP contribution in [0.5, 0.6) is 11.5 Å². The Morgan fingerprint density at radius 3 is 2.56 bits per heavy atom. The highest BCUT2D eigenvalue weighted by Crippen LogP contribution is 2.37. The van der Waals surface area contributed by atoms with Gasteiger partial charge in [-0.2, -0.15) is 0 Å². The Bertz CT molecular complexity index is 896. The summed E-state index contributed by atoms with van der Waals surface area (Å²) in [4.78, 5) is 22.4. The number of aliphatic carboxylic acids is 1. The summed E-state index contributed by atoms with van der Waals surface area (Å²) in [5.74, 6) is -1.14. The zero-order chi connectivity index (χ0) is 20.0. The minimum atomic E-state index is -1.28. The molecule has 0 spiro atoms. The van der Waals surface area contributed by atoms with E-state index in [2.05, 4.69) is 5.32 Å². The average Bonchev–Trinajstić information content (AvgIpc) is 2.59. The number of carbonyl (C=O) groups is 2. The molecule has 0 aromatic heterocycles. The Hall–Kier alpha value is -2.70. The summed E-state index contributed by atoms with van der Waals surface area (Å²) in [5.41, 5.74) is 0.995. The molecule has 0 heterocycles. The van der Waals surface area contributed by atoms with Gasteiger partial charge in [-0.05, 0) is 41.5 Å². The van der Waals surface area contributed by atoms with Gasteiger partial charge in [0.25, 0.3) is 0 Å². The summed E-state index contributed by atoms with van der Waals surface area (Å²) in [6, 6.07) is 10.3. The first-order chi connectivity index (χ1) is 12.8. The molecule has 0 radical (unpaired) electrons. The second-order valence-electron chi connectivity index (χ2n) is 5.50. The first-order valence-corrected chi connectivity index (χ1v) is 8.53. The Kier molecular flexibility index (Phi) is 7.10. The molecule has 0 aliphatic carbocycles. The highest BCUT2D eigenvalue weighted by Gasteiger charge is 2.14. The van der Waals surface area contributed by atoms with E-state index in [9.17, 15) is 14.7 Å². The van der Waals surface area contributed by atoms with Crippen LogP contribution in [0, 0.1) is 0 Å². The van der Waals surface area contributed by atoms with Gasteiger partial charge in [0.2, 0.25) is 5.91 Å². The Balaban J connectivity index is 2.30. The van der Waals surface area contributed by atoms with Gasteiger partial charge in [-0.3, -0.25) is 4.79 Å². The van der Waals surface area contributed by atoms with Crippen molar-refractivity contribution in [2.45, 2.75) is 13.5 Å². The number of nitrogens with one attached hydrogen (secondary N) is 1. The Morgan fingerprint density at radius 2 is 1.96 bits per heavy atom. The van der Waals surface area contributed by atoms with E-state index < -0.39 is 11.9 Å². The van der Waals surface area contributed by atoms with Crippen molar-refractivity contribution in [1.29, 1.82) is 0 Å². The lowest BCUT2D eigenvalue weighted by molar-refractivity contribution is -0.134. The minimum Gasteiger partial charge on any atom is -0.493 e. The van der Waals surface area contributed by atoms with Crippen molar-refractivity contribution in [3.05, 3.63) is 63.3 Å². The van der Waals surface area contributed by atoms with E-state index in [4.69, 9.17) is 32.7 Å². The van der Waals surface area contributed by atoms with Crippen molar-refractivity contribution in [3.63, 3.8) is 0 Å². The van der Waals surface area contributed by atoms with Crippen LogP contribution >= 0.6 is 23.2 Å². The number of carboxylic acids is 1. The molecule has 0 atom stereocenters. The van der Waals surface area contributed by atoms with E-state index in [0.29, 0.717) is 22.1 Å². The summed E-state index contributed by atoms with van der Waals surface area (Å²) < 4.78 is 11.1. The van der Waals surface area contributed by atoms with Gasteiger partial charge in [-0.25, -0.2) is 4.79 Å². The van der Waals surface area contributed by atoms with Gasteiger partial charge in [0.15, 0.2) is 11.5 Å². The molecule has 2 N–H and O–H groups in total. The maximum atomic E-state index is 11.2. The number of carbonyl (C=O) groups excluding carboxylic acids is 1. The zero-order valence-electron chi connectivity index (χ0n) is 14.6. The van der Waals surface area contributed by atoms with Crippen molar-refractivity contribution in [2.75, 3.05) is 7.11 Å². The summed E-state index contributed by atoms with van der Waals surface area (Å²) >= 11 is 12.2. The minimum absolute atomic E-state index is 0.220. The van der Waals surface area contributed by atoms with E-state index in [-0.39, 0.29) is 17.3 Å². The summed E-state index contributed by atoms with van der Waals surface area (Å²) in [6.07, 6.45) is 1.28. The van der Waals surface area contributed by atoms with Crippen LogP contribution in [0.1, 0.15) is 18.1 Å². The van der Waals surface area contributed by atoms with Crippen LogP contribution in [-0.2, 0) is 16.2 Å². The van der Waals surface area contributed by atoms with Crippen molar-refractivity contribution in [2.24, 2.45) is 0 Å². The summed E-state index contributed by atoms with van der Waals surface area (Å²) in [7, 11) is 1.44. The second-order valence-corrected chi connectivity index (χ2v) is 6.34. The molecule has 8 heteroatoms. The maximum Gasteiger partial charge on any atom is 0.352 e. The second kappa shape index (κ2) is 9.30. The molecule has 1 amide bonds. The molecule has 142 valence electrons. The fourth-order valence-electron chi connectivity index (χ4n) is 2.25. The molecule has 0 fully saturated rings. The summed E-state index contributed by atoms with van der Waals surface area (Å²) in [5, 5.41) is 12.3. The van der Waals surface area contributed by atoms with Gasteiger partial charge >= 0.3 is 5.97 Å². The van der Waals surface area contributed by atoms with Crippen LogP contribution in [0.3, 0.4) is 0 Å². The van der Waals surface area contributed by atoms with Crippen LogP contribution < -0.4 is 14.8 Å². The lowest BCUT2D eigenvalue weighted by atomic mass is 10.1. The predicted molar refractivity (Wildman–Crippen MR) is 103 cm³/mol. The number of carboxylic acid groups (broad SMARTS) is 1. The van der Waals surface area contributed by atoms with Crippen molar-refractivity contribution in [1.82, 2.24) is 5.32 Å². The number of hydrogen-bond acceptors (Lipinski definition) is 4. The van der Waals surface area contributed by atoms with Crippen LogP contribution in [0.4, 0.5) is 0 Å². The van der Waals surface area contributed by atoms with Gasteiger partial charge in [-0.15, -0.1) is 0 Å². The topological polar surface area (TPSA) is 84.9 Å². The third-order valence-electron chi connectivity index (χ3n) is 3.38. The molecule has 0 saturated heterocycles. The SMILES string of the molecule is COc1cc(/C=C(/NC(C)=O)C(=O)O)cc(Cl)c1OCc1cccc(Cl)c1. The first-order valence-electron chi connectivity index (χ1n) is 7.77. The molecular formula is C19H17Cl2NO5. The van der Waals surface area contributed by atoms with Crippen molar-refractivity contribution >= 4 is 41.2 Å². The van der Waals surface area contributed by atoms with E-state index >= 15 is 0 Å². The van der Waals surface area contributed by atoms with E-state index in [1.165, 1.54) is 26.2 Å². The first kappa shape index (κ1) is 20.6. The molecule has 27 heavy (non-hydrogen) atoms. The average molecular weight is 410 g/mol. The molecule has 0 aliphatic heterocycles. The molecule has 2 aromatic rings. The molecule has 0 aliphatic rings. The third kappa shape index (κ3) is 5.91. The van der Waals surface area contributed by atoms with Gasteiger partial charge in [0.05, 0.1) is 12.1 Å². The van der Waals surface area contributed by atoms with Crippen LogP contribution in [-0.4, -0.2) is 24.1 Å². The number of rotatable bonds is 7. The molecule has 0 saturated carbocycles. The lowest BCUT2D eigenvalue weighted by Crippen LogP contribution is -2.24. The standard InChI is InChI=1S/C19H17Cl2NO5/c1-11(23)22-16(19(24)25)8-13-7-15(21)18(17(9-13)26-2)27-10-12-4-3-5-14(20)6-12/h3-9H,10H2,1-2H3,(H,22,23)(H,24,25)/b16-8+. The lowest BCUT2D eigenvalue weighted by Gasteiger charge is -2.14. The smallest absolute Gasteiger partial charge is 0.352 e. The van der Waals surface area contributed by atoms with Crippen LogP contribution in [0.2, 0.25) is 10.0 Å². The normalized spacial score (nSPS) is 11.0. The van der Waals surface area contributed by atoms with Gasteiger partial charge in [0, 0.05) is 11.9 Å². The number of benzene rings is 2. The van der Waals surface area contributed by atoms with E-state index in [1.807, 2.05) is 12.1 Å². The quantitative estimate of drug-likeness (QED) is 0.671. The number of hydrogen-bond donors (Lipinski definition) is 2. The van der Waals surface area contributed by atoms with Crippen molar-refractivity contribution in [3.8, 4) is 11.5 Å². The maximum absolute atomic E-state index is 11.2. The highest BCUT2D eigenvalue weighted by atomic mass is 35.5. The Labute approximate surface area is 166 Å². The Morgan fingerprint density at radius 1 is 1.22 bits per heavy atom. The largest absolute Gasteiger partial charge is 0.493 e. The van der Waals surface area contributed by atoms with E-state index in [0.717, 1.165) is 5.56 Å². The number of amides is 1. The van der Waals surface area contributed by atoms with Gasteiger partial charge in [-0.1, -0.05) is 35.3 Å². The van der Waals surface area contributed by atoms with Gasteiger partial charge < -0.3 is 19.9 Å². The fourth-order valence-corrected chi connectivity index (χ4v) is 2.74. The fraction of sp³-hybridized carbons (Fsp3) is 0.158. The highest BCUT2D eigenvalue weighted by molar-refractivity contribution is 6.32. The van der Waals surface area contributed by atoms with Crippen molar-refractivity contribution < 1.29 is 24.2 Å². The third-order valence-corrected chi connectivity index (χ3v) is 3.89. The molecule has 2 rings (SSSR count). The molecule has 6 nitrogen and oxygen atoms in total.